The molecule has 4 rings (SSSR count). The molecule has 0 saturated carbocycles. The van der Waals surface area contributed by atoms with E-state index in [1.165, 1.54) is 11.3 Å². The lowest BCUT2D eigenvalue weighted by Gasteiger charge is -2.32. The van der Waals surface area contributed by atoms with Crippen LogP contribution in [0, 0.1) is 5.41 Å². The van der Waals surface area contributed by atoms with E-state index in [-0.39, 0.29) is 16.9 Å². The summed E-state index contributed by atoms with van der Waals surface area (Å²) in [6, 6.07) is 7.02. The van der Waals surface area contributed by atoms with Gasteiger partial charge in [0.05, 0.1) is 17.7 Å². The van der Waals surface area contributed by atoms with Crippen LogP contribution in [-0.2, 0) is 23.1 Å². The summed E-state index contributed by atoms with van der Waals surface area (Å²) in [5.74, 6) is 0.564. The molecule has 1 aromatic carbocycles. The number of carbonyl (C=O) groups excluding carboxylic acids is 1. The van der Waals surface area contributed by atoms with Crippen molar-refractivity contribution in [2.45, 2.75) is 66.3 Å². The number of benzene rings is 1. The fourth-order valence-electron chi connectivity index (χ4n) is 4.07. The zero-order chi connectivity index (χ0) is 22.4. The number of carbonyl (C=O) groups is 1. The third kappa shape index (κ3) is 4.13. The van der Waals surface area contributed by atoms with Crippen LogP contribution in [0.5, 0.6) is 0 Å². The van der Waals surface area contributed by atoms with Crippen molar-refractivity contribution in [2.24, 2.45) is 5.41 Å². The Bertz CT molecular complexity index is 1100. The van der Waals surface area contributed by atoms with Crippen LogP contribution in [-0.4, -0.2) is 32.5 Å². The minimum absolute atomic E-state index is 0.137. The molecule has 164 valence electrons. The molecule has 1 aliphatic rings. The summed E-state index contributed by atoms with van der Waals surface area (Å²) >= 11 is 0. The topological polar surface area (TPSA) is 83.0 Å². The Hall–Kier alpha value is -2.96. The molecule has 0 atom stereocenters. The van der Waals surface area contributed by atoms with Crippen molar-refractivity contribution < 1.29 is 14.1 Å². The first-order chi connectivity index (χ1) is 14.6. The number of fused-ring (bicyclic) bond motifs is 1. The Kier molecular flexibility index (Phi) is 5.23. The molecule has 3 aromatic rings. The quantitative estimate of drug-likeness (QED) is 0.547. The van der Waals surface area contributed by atoms with E-state index in [9.17, 15) is 4.79 Å². The van der Waals surface area contributed by atoms with Gasteiger partial charge >= 0.3 is 5.97 Å². The second kappa shape index (κ2) is 7.62. The summed E-state index contributed by atoms with van der Waals surface area (Å²) in [6.07, 6.45) is 3.02. The lowest BCUT2D eigenvalue weighted by atomic mass is 9.76. The summed E-state index contributed by atoms with van der Waals surface area (Å²) in [6.45, 7) is 13.2. The second-order valence-electron chi connectivity index (χ2n) is 9.92. The molecule has 2 heterocycles. The molecule has 1 aliphatic carbocycles. The highest BCUT2D eigenvalue weighted by atomic mass is 16.5. The van der Waals surface area contributed by atoms with Gasteiger partial charge in [-0.3, -0.25) is 4.68 Å². The normalized spacial score (nSPS) is 15.5. The van der Waals surface area contributed by atoms with Gasteiger partial charge in [-0.1, -0.05) is 31.1 Å². The van der Waals surface area contributed by atoms with E-state index in [1.807, 2.05) is 0 Å². The molecular formula is C24H30N4O3. The molecule has 0 aliphatic heterocycles. The Morgan fingerprint density at radius 2 is 1.94 bits per heavy atom. The summed E-state index contributed by atoms with van der Waals surface area (Å²) in [5.41, 5.74) is 4.63. The van der Waals surface area contributed by atoms with Gasteiger partial charge in [-0.15, -0.1) is 0 Å². The number of aromatic nitrogens is 4. The molecule has 0 N–H and O–H groups in total. The van der Waals surface area contributed by atoms with Crippen LogP contribution in [0.3, 0.4) is 0 Å². The number of hydrogen-bond acceptors (Lipinski definition) is 6. The molecule has 0 fully saturated rings. The fraction of sp³-hybridized carbons (Fsp3) is 0.500. The molecule has 2 aromatic heterocycles. The molecule has 0 bridgehead atoms. The van der Waals surface area contributed by atoms with Crippen molar-refractivity contribution in [3.05, 3.63) is 41.1 Å². The van der Waals surface area contributed by atoms with Crippen molar-refractivity contribution in [1.82, 2.24) is 19.9 Å². The minimum Gasteiger partial charge on any atom is -0.462 e. The highest BCUT2D eigenvalue weighted by Crippen LogP contribution is 2.40. The fourth-order valence-corrected chi connectivity index (χ4v) is 4.07. The third-order valence-corrected chi connectivity index (χ3v) is 5.71. The Labute approximate surface area is 182 Å². The summed E-state index contributed by atoms with van der Waals surface area (Å²) in [7, 11) is 0. The van der Waals surface area contributed by atoms with Gasteiger partial charge in [0.2, 0.25) is 5.82 Å². The van der Waals surface area contributed by atoms with Gasteiger partial charge in [0.15, 0.2) is 5.69 Å². The SMILES string of the molecule is CCOC(=O)c1ccc(-c2noc(-c3nn(C(C)(C)C)c4c3CCC(C)(C)C4)n2)cc1. The van der Waals surface area contributed by atoms with Crippen molar-refractivity contribution in [2.75, 3.05) is 6.61 Å². The van der Waals surface area contributed by atoms with E-state index in [1.54, 1.807) is 31.2 Å². The zero-order valence-electron chi connectivity index (χ0n) is 19.2. The molecular weight excluding hydrogens is 392 g/mol. The Morgan fingerprint density at radius 3 is 2.58 bits per heavy atom. The van der Waals surface area contributed by atoms with E-state index < -0.39 is 0 Å². The van der Waals surface area contributed by atoms with Crippen molar-refractivity contribution in [1.29, 1.82) is 0 Å². The van der Waals surface area contributed by atoms with E-state index in [4.69, 9.17) is 14.4 Å². The average molecular weight is 423 g/mol. The number of ether oxygens (including phenoxy) is 1. The van der Waals surface area contributed by atoms with Crippen LogP contribution in [0.1, 0.15) is 69.6 Å². The van der Waals surface area contributed by atoms with Crippen molar-refractivity contribution in [3.8, 4) is 23.0 Å². The standard InChI is InChI=1S/C24H30N4O3/c1-7-30-22(29)16-10-8-15(9-11-16)20-25-21(31-27-20)19-17-12-13-24(5,6)14-18(17)28(26-19)23(2,3)4/h8-11H,7,12-14H2,1-6H3. The predicted molar refractivity (Wildman–Crippen MR) is 118 cm³/mol. The maximum Gasteiger partial charge on any atom is 0.338 e. The summed E-state index contributed by atoms with van der Waals surface area (Å²) in [5, 5.41) is 9.09. The van der Waals surface area contributed by atoms with Crippen molar-refractivity contribution in [3.63, 3.8) is 0 Å². The monoisotopic (exact) mass is 422 g/mol. The van der Waals surface area contributed by atoms with Gasteiger partial charge in [-0.2, -0.15) is 10.1 Å². The first kappa shape index (κ1) is 21.3. The largest absolute Gasteiger partial charge is 0.462 e. The second-order valence-corrected chi connectivity index (χ2v) is 9.92. The van der Waals surface area contributed by atoms with Crippen molar-refractivity contribution >= 4 is 5.97 Å². The maximum absolute atomic E-state index is 11.9. The maximum atomic E-state index is 11.9. The van der Waals surface area contributed by atoms with Crippen LogP contribution in [0.25, 0.3) is 23.0 Å². The van der Waals surface area contributed by atoms with Gasteiger partial charge in [-0.05, 0) is 64.5 Å². The van der Waals surface area contributed by atoms with Crippen LogP contribution in [0.2, 0.25) is 0 Å². The minimum atomic E-state index is -0.342. The first-order valence-corrected chi connectivity index (χ1v) is 10.8. The average Bonchev–Trinajstić information content (AvgIpc) is 3.31. The van der Waals surface area contributed by atoms with Crippen LogP contribution in [0.15, 0.2) is 28.8 Å². The Balaban J connectivity index is 1.68. The van der Waals surface area contributed by atoms with Gasteiger partial charge < -0.3 is 9.26 Å². The molecule has 7 heteroatoms. The Morgan fingerprint density at radius 1 is 1.23 bits per heavy atom. The number of esters is 1. The molecule has 0 saturated heterocycles. The van der Waals surface area contributed by atoms with Crippen LogP contribution in [0.4, 0.5) is 0 Å². The lowest BCUT2D eigenvalue weighted by Crippen LogP contribution is -2.30. The van der Waals surface area contributed by atoms with Crippen LogP contribution < -0.4 is 0 Å². The summed E-state index contributed by atoms with van der Waals surface area (Å²) in [4.78, 5) is 16.5. The van der Waals surface area contributed by atoms with Gasteiger partial charge in [0.1, 0.15) is 0 Å². The molecule has 0 radical (unpaired) electrons. The van der Waals surface area contributed by atoms with Gasteiger partial charge in [0, 0.05) is 16.8 Å². The van der Waals surface area contributed by atoms with E-state index in [2.05, 4.69) is 49.4 Å². The van der Waals surface area contributed by atoms with E-state index >= 15 is 0 Å². The third-order valence-electron chi connectivity index (χ3n) is 5.71. The number of nitrogens with zero attached hydrogens (tertiary/aromatic N) is 4. The van der Waals surface area contributed by atoms with E-state index in [0.29, 0.717) is 23.9 Å². The highest BCUT2D eigenvalue weighted by molar-refractivity contribution is 5.89. The number of hydrogen-bond donors (Lipinski definition) is 0. The molecule has 31 heavy (non-hydrogen) atoms. The molecule has 0 unspecified atom stereocenters. The van der Waals surface area contributed by atoms with Gasteiger partial charge in [0.25, 0.3) is 5.89 Å². The highest BCUT2D eigenvalue weighted by Gasteiger charge is 2.35. The van der Waals surface area contributed by atoms with Gasteiger partial charge in [-0.25, -0.2) is 4.79 Å². The molecule has 7 nitrogen and oxygen atoms in total. The first-order valence-electron chi connectivity index (χ1n) is 10.8. The smallest absolute Gasteiger partial charge is 0.338 e. The van der Waals surface area contributed by atoms with Crippen LogP contribution >= 0.6 is 0 Å². The zero-order valence-corrected chi connectivity index (χ0v) is 19.2. The lowest BCUT2D eigenvalue weighted by molar-refractivity contribution is 0.0526. The number of rotatable bonds is 4. The molecule has 0 amide bonds. The predicted octanol–water partition coefficient (Wildman–Crippen LogP) is 5.05. The molecule has 0 spiro atoms. The van der Waals surface area contributed by atoms with E-state index in [0.717, 1.165) is 30.5 Å². The summed E-state index contributed by atoms with van der Waals surface area (Å²) < 4.78 is 12.8.